The van der Waals surface area contributed by atoms with Gasteiger partial charge in [0.05, 0.1) is 4.92 Å². The van der Waals surface area contributed by atoms with Gasteiger partial charge in [0.2, 0.25) is 11.8 Å². The van der Waals surface area contributed by atoms with Crippen molar-refractivity contribution in [2.75, 3.05) is 36.4 Å². The van der Waals surface area contributed by atoms with Gasteiger partial charge in [-0.1, -0.05) is 6.07 Å². The number of rotatable bonds is 6. The number of pyridine rings is 1. The highest BCUT2D eigenvalue weighted by atomic mass is 16.6. The van der Waals surface area contributed by atoms with Crippen LogP contribution in [0.25, 0.3) is 0 Å². The summed E-state index contributed by atoms with van der Waals surface area (Å²) in [6.07, 6.45) is 7.05. The minimum Gasteiger partial charge on any atom is -0.361 e. The number of anilines is 2. The molecule has 1 aliphatic carbocycles. The molecule has 2 aliphatic rings. The maximum atomic E-state index is 11.2. The summed E-state index contributed by atoms with van der Waals surface area (Å²) in [5.41, 5.74) is 1.14. The van der Waals surface area contributed by atoms with E-state index in [0.29, 0.717) is 17.8 Å². The van der Waals surface area contributed by atoms with E-state index in [0.717, 1.165) is 45.6 Å². The van der Waals surface area contributed by atoms with Gasteiger partial charge in [0, 0.05) is 51.2 Å². The second kappa shape index (κ2) is 7.20. The summed E-state index contributed by atoms with van der Waals surface area (Å²) in [4.78, 5) is 28.0. The van der Waals surface area contributed by atoms with Crippen molar-refractivity contribution in [2.45, 2.75) is 25.4 Å². The highest BCUT2D eigenvalue weighted by molar-refractivity contribution is 5.58. The third-order valence-electron chi connectivity index (χ3n) is 4.66. The predicted molar refractivity (Wildman–Crippen MR) is 97.1 cm³/mol. The summed E-state index contributed by atoms with van der Waals surface area (Å²) in [5.74, 6) is 0.889. The van der Waals surface area contributed by atoms with Crippen LogP contribution in [0.4, 0.5) is 17.5 Å². The smallest absolute Gasteiger partial charge is 0.329 e. The Morgan fingerprint density at radius 1 is 1.23 bits per heavy atom. The normalized spacial score (nSPS) is 17.9. The summed E-state index contributed by atoms with van der Waals surface area (Å²) in [5, 5.41) is 14.3. The van der Waals surface area contributed by atoms with Crippen molar-refractivity contribution in [3.05, 3.63) is 46.4 Å². The number of nitro groups is 1. The van der Waals surface area contributed by atoms with Crippen LogP contribution in [-0.2, 0) is 6.54 Å². The third-order valence-corrected chi connectivity index (χ3v) is 4.66. The first kappa shape index (κ1) is 16.6. The van der Waals surface area contributed by atoms with E-state index in [2.05, 4.69) is 36.1 Å². The van der Waals surface area contributed by atoms with Gasteiger partial charge >= 0.3 is 5.69 Å². The fourth-order valence-corrected chi connectivity index (χ4v) is 3.04. The van der Waals surface area contributed by atoms with Crippen molar-refractivity contribution in [3.63, 3.8) is 0 Å². The topological polar surface area (TPSA) is 100 Å². The van der Waals surface area contributed by atoms with Gasteiger partial charge in [-0.25, -0.2) is 4.98 Å². The third kappa shape index (κ3) is 3.88. The van der Waals surface area contributed by atoms with Crippen LogP contribution >= 0.6 is 0 Å². The Hall–Kier alpha value is -2.81. The van der Waals surface area contributed by atoms with Gasteiger partial charge in [0.15, 0.2) is 0 Å². The first-order chi connectivity index (χ1) is 12.7. The monoisotopic (exact) mass is 355 g/mol. The summed E-state index contributed by atoms with van der Waals surface area (Å²) in [7, 11) is 0. The SMILES string of the molecule is O=[N+]([O-])c1cnc(N2CCN(Cc3cccnc3)CC2)nc1NC1CC1. The minimum atomic E-state index is -0.430. The first-order valence-electron chi connectivity index (χ1n) is 8.83. The second-order valence-corrected chi connectivity index (χ2v) is 6.70. The molecule has 0 bridgehead atoms. The van der Waals surface area contributed by atoms with Crippen molar-refractivity contribution in [2.24, 2.45) is 0 Å². The van der Waals surface area contributed by atoms with Gasteiger partial charge in [-0.15, -0.1) is 0 Å². The molecule has 1 saturated carbocycles. The quantitative estimate of drug-likeness (QED) is 0.617. The molecular formula is C17H21N7O2. The van der Waals surface area contributed by atoms with E-state index in [1.807, 2.05) is 12.3 Å². The van der Waals surface area contributed by atoms with Crippen LogP contribution in [-0.4, -0.2) is 57.0 Å². The van der Waals surface area contributed by atoms with Crippen molar-refractivity contribution in [1.29, 1.82) is 0 Å². The zero-order valence-electron chi connectivity index (χ0n) is 14.4. The van der Waals surface area contributed by atoms with Crippen molar-refractivity contribution < 1.29 is 4.92 Å². The molecule has 0 spiro atoms. The van der Waals surface area contributed by atoms with E-state index >= 15 is 0 Å². The van der Waals surface area contributed by atoms with Gasteiger partial charge in [0.25, 0.3) is 0 Å². The summed E-state index contributed by atoms with van der Waals surface area (Å²) >= 11 is 0. The molecule has 1 aliphatic heterocycles. The molecule has 136 valence electrons. The zero-order chi connectivity index (χ0) is 17.9. The second-order valence-electron chi connectivity index (χ2n) is 6.70. The lowest BCUT2D eigenvalue weighted by Crippen LogP contribution is -2.46. The molecule has 2 fully saturated rings. The predicted octanol–water partition coefficient (Wildman–Crippen LogP) is 1.68. The Kier molecular flexibility index (Phi) is 4.61. The van der Waals surface area contributed by atoms with Gasteiger partial charge in [-0.2, -0.15) is 4.98 Å². The molecule has 0 amide bonds. The Bertz CT molecular complexity index is 774. The van der Waals surface area contributed by atoms with E-state index in [1.54, 1.807) is 6.20 Å². The van der Waals surface area contributed by atoms with E-state index in [9.17, 15) is 10.1 Å². The first-order valence-corrected chi connectivity index (χ1v) is 8.83. The average Bonchev–Trinajstić information content (AvgIpc) is 3.47. The Balaban J connectivity index is 1.41. The largest absolute Gasteiger partial charge is 0.361 e. The maximum Gasteiger partial charge on any atom is 0.329 e. The summed E-state index contributed by atoms with van der Waals surface area (Å²) in [6.45, 7) is 4.24. The molecule has 4 rings (SSSR count). The molecule has 26 heavy (non-hydrogen) atoms. The van der Waals surface area contributed by atoms with Gasteiger partial charge < -0.3 is 10.2 Å². The number of nitrogens with zero attached hydrogens (tertiary/aromatic N) is 6. The summed E-state index contributed by atoms with van der Waals surface area (Å²) < 4.78 is 0. The highest BCUT2D eigenvalue weighted by Crippen LogP contribution is 2.30. The fourth-order valence-electron chi connectivity index (χ4n) is 3.04. The molecule has 1 saturated heterocycles. The minimum absolute atomic E-state index is 0.0594. The molecule has 2 aromatic heterocycles. The van der Waals surface area contributed by atoms with Crippen LogP contribution in [0.5, 0.6) is 0 Å². The molecule has 3 heterocycles. The van der Waals surface area contributed by atoms with Crippen LogP contribution in [0, 0.1) is 10.1 Å². The van der Waals surface area contributed by atoms with Crippen LogP contribution in [0.15, 0.2) is 30.7 Å². The zero-order valence-corrected chi connectivity index (χ0v) is 14.4. The van der Waals surface area contributed by atoms with Crippen LogP contribution < -0.4 is 10.2 Å². The standard InChI is InChI=1S/C17H21N7O2/c25-24(26)15-11-19-17(21-16(15)20-14-3-4-14)23-8-6-22(7-9-23)12-13-2-1-5-18-10-13/h1-2,5,10-11,14H,3-4,6-9,12H2,(H,19,20,21). The van der Waals surface area contributed by atoms with Crippen molar-refractivity contribution >= 4 is 17.5 Å². The number of hydrogen-bond acceptors (Lipinski definition) is 8. The van der Waals surface area contributed by atoms with E-state index in [4.69, 9.17) is 0 Å². The molecule has 1 N–H and O–H groups in total. The van der Waals surface area contributed by atoms with Gasteiger partial charge in [-0.3, -0.25) is 20.0 Å². The fraction of sp³-hybridized carbons (Fsp3) is 0.471. The Morgan fingerprint density at radius 2 is 2.04 bits per heavy atom. The molecule has 0 aromatic carbocycles. The Labute approximate surface area is 151 Å². The van der Waals surface area contributed by atoms with E-state index < -0.39 is 4.92 Å². The van der Waals surface area contributed by atoms with Gasteiger partial charge in [-0.05, 0) is 24.5 Å². The molecule has 9 nitrogen and oxygen atoms in total. The van der Waals surface area contributed by atoms with Crippen LogP contribution in [0.3, 0.4) is 0 Å². The number of piperazine rings is 1. The average molecular weight is 355 g/mol. The number of nitrogens with one attached hydrogen (secondary N) is 1. The molecule has 9 heteroatoms. The molecular weight excluding hydrogens is 334 g/mol. The molecule has 0 atom stereocenters. The van der Waals surface area contributed by atoms with Crippen molar-refractivity contribution in [1.82, 2.24) is 19.9 Å². The lowest BCUT2D eigenvalue weighted by Gasteiger charge is -2.34. The Morgan fingerprint density at radius 3 is 2.69 bits per heavy atom. The number of hydrogen-bond donors (Lipinski definition) is 1. The van der Waals surface area contributed by atoms with Crippen LogP contribution in [0.1, 0.15) is 18.4 Å². The lowest BCUT2D eigenvalue weighted by molar-refractivity contribution is -0.384. The highest BCUT2D eigenvalue weighted by Gasteiger charge is 2.28. The maximum absolute atomic E-state index is 11.2. The van der Waals surface area contributed by atoms with E-state index in [-0.39, 0.29) is 5.69 Å². The molecule has 0 radical (unpaired) electrons. The number of aromatic nitrogens is 3. The van der Waals surface area contributed by atoms with Crippen LogP contribution in [0.2, 0.25) is 0 Å². The molecule has 0 unspecified atom stereocenters. The summed E-state index contributed by atoms with van der Waals surface area (Å²) in [6, 6.07) is 4.33. The van der Waals surface area contributed by atoms with E-state index in [1.165, 1.54) is 11.8 Å². The van der Waals surface area contributed by atoms with Gasteiger partial charge in [0.1, 0.15) is 6.20 Å². The molecule has 2 aromatic rings. The lowest BCUT2D eigenvalue weighted by atomic mass is 10.2. The van der Waals surface area contributed by atoms with Crippen molar-refractivity contribution in [3.8, 4) is 0 Å².